The number of carbonyl (C=O) groups is 2. The summed E-state index contributed by atoms with van der Waals surface area (Å²) in [7, 11) is -4.24. The number of halogens is 1. The Morgan fingerprint density at radius 2 is 2.00 bits per heavy atom. The molecular weight excluding hydrogens is 360 g/mol. The van der Waals surface area contributed by atoms with Crippen molar-refractivity contribution < 1.29 is 27.9 Å². The van der Waals surface area contributed by atoms with Gasteiger partial charge in [-0.2, -0.15) is 4.72 Å². The van der Waals surface area contributed by atoms with Crippen molar-refractivity contribution in [2.24, 2.45) is 11.7 Å². The van der Waals surface area contributed by atoms with Crippen molar-refractivity contribution in [3.8, 4) is 5.75 Å². The van der Waals surface area contributed by atoms with Crippen LogP contribution in [0, 0.1) is 5.92 Å². The van der Waals surface area contributed by atoms with E-state index in [0.29, 0.717) is 0 Å². The molecule has 24 heavy (non-hydrogen) atoms. The van der Waals surface area contributed by atoms with Gasteiger partial charge in [0.2, 0.25) is 10.0 Å². The fraction of sp³-hybridized carbons (Fsp3) is 0.429. The molecule has 8 nitrogen and oxygen atoms in total. The molecule has 0 bridgehead atoms. The number of nitrogens with one attached hydrogen (secondary N) is 1. The monoisotopic (exact) mass is 378 g/mol. The lowest BCUT2D eigenvalue weighted by molar-refractivity contribution is -0.139. The molecule has 10 heteroatoms. The highest BCUT2D eigenvalue weighted by molar-refractivity contribution is 7.89. The van der Waals surface area contributed by atoms with Crippen LogP contribution >= 0.6 is 11.6 Å². The lowest BCUT2D eigenvalue weighted by Gasteiger charge is -2.18. The van der Waals surface area contributed by atoms with Crippen molar-refractivity contribution in [3.05, 3.63) is 23.2 Å². The summed E-state index contributed by atoms with van der Waals surface area (Å²) in [6.45, 7) is 3.01. The SMILES string of the molecule is CC(C)C[C@H](NS(=O)(=O)c1cc(Cl)ccc1OCC(N)=O)C(=O)O. The number of nitrogens with two attached hydrogens (primary N) is 1. The highest BCUT2D eigenvalue weighted by Gasteiger charge is 2.28. The maximum absolute atomic E-state index is 12.5. The largest absolute Gasteiger partial charge is 0.482 e. The summed E-state index contributed by atoms with van der Waals surface area (Å²) in [4.78, 5) is 21.7. The van der Waals surface area contributed by atoms with Crippen LogP contribution in [0.2, 0.25) is 5.02 Å². The molecule has 0 radical (unpaired) electrons. The number of hydrogen-bond donors (Lipinski definition) is 3. The van der Waals surface area contributed by atoms with E-state index >= 15 is 0 Å². The number of ether oxygens (including phenoxy) is 1. The van der Waals surface area contributed by atoms with Crippen LogP contribution in [0.15, 0.2) is 23.1 Å². The Labute approximate surface area is 145 Å². The van der Waals surface area contributed by atoms with E-state index in [2.05, 4.69) is 4.72 Å². The van der Waals surface area contributed by atoms with E-state index in [4.69, 9.17) is 22.1 Å². The standard InChI is InChI=1S/C14H19ClN2O6S/c1-8(2)5-10(14(19)20)17-24(21,22)12-6-9(15)3-4-11(12)23-7-13(16)18/h3-4,6,8,10,17H,5,7H2,1-2H3,(H2,16,18)(H,19,20)/t10-/m0/s1. The number of aliphatic carboxylic acids is 1. The lowest BCUT2D eigenvalue weighted by atomic mass is 10.1. The van der Waals surface area contributed by atoms with Gasteiger partial charge in [0.1, 0.15) is 16.7 Å². The van der Waals surface area contributed by atoms with E-state index in [1.165, 1.54) is 12.1 Å². The predicted octanol–water partition coefficient (Wildman–Crippen LogP) is 0.982. The van der Waals surface area contributed by atoms with Crippen LogP contribution in [-0.2, 0) is 19.6 Å². The minimum Gasteiger partial charge on any atom is -0.482 e. The summed E-state index contributed by atoms with van der Waals surface area (Å²) < 4.78 is 32.2. The van der Waals surface area contributed by atoms with Crippen LogP contribution in [0.25, 0.3) is 0 Å². The number of carboxylic acids is 1. The maximum Gasteiger partial charge on any atom is 0.321 e. The Balaban J connectivity index is 3.18. The number of benzene rings is 1. The molecule has 0 unspecified atom stereocenters. The third-order valence-corrected chi connectivity index (χ3v) is 4.60. The van der Waals surface area contributed by atoms with Crippen LogP contribution in [0.1, 0.15) is 20.3 Å². The Morgan fingerprint density at radius 1 is 1.38 bits per heavy atom. The first-order valence-corrected chi connectivity index (χ1v) is 8.85. The summed E-state index contributed by atoms with van der Waals surface area (Å²) in [6, 6.07) is 2.43. The number of primary amides is 1. The van der Waals surface area contributed by atoms with Crippen molar-refractivity contribution >= 4 is 33.5 Å². The van der Waals surface area contributed by atoms with E-state index in [-0.39, 0.29) is 28.0 Å². The fourth-order valence-electron chi connectivity index (χ4n) is 1.88. The second-order valence-corrected chi connectivity index (χ2v) is 7.61. The number of rotatable bonds is 9. The van der Waals surface area contributed by atoms with Gasteiger partial charge in [0.15, 0.2) is 6.61 Å². The second-order valence-electron chi connectivity index (χ2n) is 5.49. The van der Waals surface area contributed by atoms with Gasteiger partial charge in [0, 0.05) is 5.02 Å². The molecule has 0 saturated carbocycles. The molecule has 1 atom stereocenters. The molecule has 0 saturated heterocycles. The van der Waals surface area contributed by atoms with Gasteiger partial charge in [-0.1, -0.05) is 25.4 Å². The van der Waals surface area contributed by atoms with Gasteiger partial charge in [0.05, 0.1) is 0 Å². The maximum atomic E-state index is 12.5. The van der Waals surface area contributed by atoms with Crippen LogP contribution in [-0.4, -0.2) is 38.0 Å². The molecule has 134 valence electrons. The first-order valence-electron chi connectivity index (χ1n) is 6.98. The third-order valence-electron chi connectivity index (χ3n) is 2.87. The summed E-state index contributed by atoms with van der Waals surface area (Å²) in [6.07, 6.45) is 0.104. The average Bonchev–Trinajstić information content (AvgIpc) is 2.44. The van der Waals surface area contributed by atoms with E-state index in [1.54, 1.807) is 13.8 Å². The molecule has 0 fully saturated rings. The zero-order chi connectivity index (χ0) is 18.5. The topological polar surface area (TPSA) is 136 Å². The van der Waals surface area contributed by atoms with Gasteiger partial charge in [-0.25, -0.2) is 8.42 Å². The zero-order valence-corrected chi connectivity index (χ0v) is 14.7. The van der Waals surface area contributed by atoms with Gasteiger partial charge in [-0.15, -0.1) is 0 Å². The van der Waals surface area contributed by atoms with Crippen molar-refractivity contribution in [2.45, 2.75) is 31.2 Å². The number of carboxylic acid groups (broad SMARTS) is 1. The molecule has 0 spiro atoms. The van der Waals surface area contributed by atoms with Crippen molar-refractivity contribution in [1.82, 2.24) is 4.72 Å². The molecule has 0 aromatic heterocycles. The quantitative estimate of drug-likeness (QED) is 0.586. The van der Waals surface area contributed by atoms with Gasteiger partial charge < -0.3 is 15.6 Å². The highest BCUT2D eigenvalue weighted by atomic mass is 35.5. The molecule has 0 aliphatic heterocycles. The number of carbonyl (C=O) groups excluding carboxylic acids is 1. The minimum atomic E-state index is -4.24. The van der Waals surface area contributed by atoms with E-state index in [1.807, 2.05) is 0 Å². The van der Waals surface area contributed by atoms with E-state index in [0.717, 1.165) is 6.07 Å². The molecule has 0 aliphatic rings. The van der Waals surface area contributed by atoms with Crippen molar-refractivity contribution in [3.63, 3.8) is 0 Å². The Hall–Kier alpha value is -1.84. The molecule has 0 aliphatic carbocycles. The molecule has 0 heterocycles. The Kier molecular flexibility index (Phi) is 7.00. The molecule has 1 aromatic rings. The number of sulfonamides is 1. The first-order chi connectivity index (χ1) is 11.0. The van der Waals surface area contributed by atoms with Gasteiger partial charge in [-0.05, 0) is 30.5 Å². The van der Waals surface area contributed by atoms with Gasteiger partial charge in [-0.3, -0.25) is 9.59 Å². The lowest BCUT2D eigenvalue weighted by Crippen LogP contribution is -2.41. The van der Waals surface area contributed by atoms with E-state index in [9.17, 15) is 23.1 Å². The third kappa shape index (κ3) is 5.99. The average molecular weight is 379 g/mol. The molecule has 4 N–H and O–H groups in total. The highest BCUT2D eigenvalue weighted by Crippen LogP contribution is 2.27. The molecule has 1 aromatic carbocycles. The Morgan fingerprint density at radius 3 is 2.50 bits per heavy atom. The van der Waals surface area contributed by atoms with Crippen molar-refractivity contribution in [2.75, 3.05) is 6.61 Å². The molecular formula is C14H19ClN2O6S. The minimum absolute atomic E-state index is 0.0428. The summed E-state index contributed by atoms with van der Waals surface area (Å²) in [5.41, 5.74) is 4.97. The summed E-state index contributed by atoms with van der Waals surface area (Å²) in [5, 5.41) is 9.30. The molecule has 1 rings (SSSR count). The van der Waals surface area contributed by atoms with Crippen LogP contribution < -0.4 is 15.2 Å². The van der Waals surface area contributed by atoms with Crippen LogP contribution in [0.5, 0.6) is 5.75 Å². The van der Waals surface area contributed by atoms with Crippen LogP contribution in [0.3, 0.4) is 0 Å². The second kappa shape index (κ2) is 8.32. The fourth-order valence-corrected chi connectivity index (χ4v) is 3.49. The number of amides is 1. The summed E-state index contributed by atoms with van der Waals surface area (Å²) in [5.74, 6) is -2.28. The zero-order valence-electron chi connectivity index (χ0n) is 13.2. The normalized spacial score (nSPS) is 12.8. The Bertz CT molecular complexity index is 720. The predicted molar refractivity (Wildman–Crippen MR) is 87.3 cm³/mol. The van der Waals surface area contributed by atoms with Crippen molar-refractivity contribution in [1.29, 1.82) is 0 Å². The first kappa shape index (κ1) is 20.2. The summed E-state index contributed by atoms with van der Waals surface area (Å²) >= 11 is 5.81. The van der Waals surface area contributed by atoms with Gasteiger partial charge >= 0.3 is 5.97 Å². The smallest absolute Gasteiger partial charge is 0.321 e. The van der Waals surface area contributed by atoms with Gasteiger partial charge in [0.25, 0.3) is 5.91 Å². The van der Waals surface area contributed by atoms with Crippen LogP contribution in [0.4, 0.5) is 0 Å². The molecule has 1 amide bonds. The van der Waals surface area contributed by atoms with E-state index < -0.39 is 34.5 Å². The number of hydrogen-bond acceptors (Lipinski definition) is 5.